The van der Waals surface area contributed by atoms with Crippen LogP contribution in [0.15, 0.2) is 51.9 Å². The van der Waals surface area contributed by atoms with Crippen molar-refractivity contribution in [1.29, 1.82) is 0 Å². The van der Waals surface area contributed by atoms with Crippen molar-refractivity contribution in [2.24, 2.45) is 5.73 Å². The van der Waals surface area contributed by atoms with Crippen molar-refractivity contribution in [3.63, 3.8) is 0 Å². The summed E-state index contributed by atoms with van der Waals surface area (Å²) in [5.74, 6) is -1.55. The zero-order valence-corrected chi connectivity index (χ0v) is 21.2. The monoisotopic (exact) mass is 578 g/mol. The molecule has 3 aliphatic rings. The number of nitrogens with one attached hydrogen (secondary N) is 2. The molecule has 17 heteroatoms. The number of H-pyrrole nitrogens is 1. The van der Waals surface area contributed by atoms with E-state index in [0.29, 0.717) is 17.2 Å². The van der Waals surface area contributed by atoms with E-state index in [4.69, 9.17) is 34.2 Å². The van der Waals surface area contributed by atoms with Crippen LogP contribution < -0.4 is 31.8 Å². The highest BCUT2D eigenvalue weighted by atomic mass is 16.7. The van der Waals surface area contributed by atoms with E-state index < -0.39 is 78.0 Å². The lowest BCUT2D eigenvalue weighted by Crippen LogP contribution is -2.53. The van der Waals surface area contributed by atoms with Gasteiger partial charge in [-0.15, -0.1) is 0 Å². The molecule has 3 aliphatic heterocycles. The number of aliphatic hydroxyl groups excluding tert-OH is 3. The minimum absolute atomic E-state index is 0.0269. The van der Waals surface area contributed by atoms with Crippen LogP contribution in [0.5, 0.6) is 11.5 Å². The molecule has 2 aromatic rings. The smallest absolute Gasteiger partial charge is 0.330 e. The van der Waals surface area contributed by atoms with Crippen molar-refractivity contribution >= 4 is 17.5 Å². The van der Waals surface area contributed by atoms with Crippen molar-refractivity contribution in [2.75, 3.05) is 19.2 Å². The molecule has 1 fully saturated rings. The van der Waals surface area contributed by atoms with Gasteiger partial charge < -0.3 is 54.8 Å². The molecule has 0 saturated carbocycles. The van der Waals surface area contributed by atoms with Crippen LogP contribution in [-0.2, 0) is 28.5 Å². The fraction of sp³-hybridized carbons (Fsp3) is 0.417. The molecule has 1 aromatic heterocycles. The van der Waals surface area contributed by atoms with Crippen molar-refractivity contribution in [3.8, 4) is 11.5 Å². The first-order chi connectivity index (χ1) is 19.6. The summed E-state index contributed by atoms with van der Waals surface area (Å²) in [6, 6.07) is 5.64. The minimum atomic E-state index is -1.82. The van der Waals surface area contributed by atoms with Gasteiger partial charge in [-0.1, -0.05) is 0 Å². The predicted molar refractivity (Wildman–Crippen MR) is 132 cm³/mol. The number of carbonyl (C=O) groups is 2. The highest BCUT2D eigenvalue weighted by Gasteiger charge is 2.52. The van der Waals surface area contributed by atoms with Crippen LogP contribution in [0.25, 0.3) is 0 Å². The predicted octanol–water partition coefficient (Wildman–Crippen LogP) is -2.99. The number of nitrogens with zero attached hydrogens (tertiary/aromatic N) is 1. The maximum atomic E-state index is 12.9. The summed E-state index contributed by atoms with van der Waals surface area (Å²) in [5, 5.41) is 34.2. The molecule has 8 atom stereocenters. The van der Waals surface area contributed by atoms with Crippen LogP contribution in [0.2, 0.25) is 0 Å². The van der Waals surface area contributed by atoms with E-state index in [1.807, 2.05) is 4.98 Å². The number of aromatic amines is 1. The normalized spacial score (nSPS) is 29.4. The molecular formula is C24H26N4O13. The quantitative estimate of drug-likeness (QED) is 0.183. The number of aromatic nitrogens is 2. The second kappa shape index (κ2) is 11.3. The molecule has 2 amide bonds. The molecule has 41 heavy (non-hydrogen) atoms. The first-order valence-corrected chi connectivity index (χ1v) is 12.2. The van der Waals surface area contributed by atoms with E-state index in [2.05, 4.69) is 5.32 Å². The van der Waals surface area contributed by atoms with Gasteiger partial charge in [0.15, 0.2) is 29.6 Å². The van der Waals surface area contributed by atoms with Crippen molar-refractivity contribution in [3.05, 3.63) is 63.1 Å². The molecule has 0 spiro atoms. The van der Waals surface area contributed by atoms with E-state index in [1.165, 1.54) is 19.2 Å². The van der Waals surface area contributed by atoms with E-state index in [1.54, 1.807) is 6.07 Å². The average molecular weight is 578 g/mol. The third-order valence-corrected chi connectivity index (χ3v) is 6.55. The van der Waals surface area contributed by atoms with Gasteiger partial charge in [0.2, 0.25) is 19.0 Å². The Morgan fingerprint density at radius 1 is 1.15 bits per heavy atom. The SMILES string of the molecule is CO[C@H]1[C@@H](O)[C@H](n2ccc(=O)[nH]c2=O)O[C@@H]1[C@@H](O[C@H]1OC(C(=O)Nc2ccc3c(c2)OCO3)=C[C@H](O)[C@@H]1O)C(N)=O. The topological polar surface area (TPSA) is 243 Å². The summed E-state index contributed by atoms with van der Waals surface area (Å²) >= 11 is 0. The Morgan fingerprint density at radius 3 is 2.61 bits per heavy atom. The van der Waals surface area contributed by atoms with Crippen LogP contribution in [0.1, 0.15) is 6.23 Å². The Bertz CT molecular complexity index is 1470. The van der Waals surface area contributed by atoms with Crippen molar-refractivity contribution in [2.45, 2.75) is 49.1 Å². The van der Waals surface area contributed by atoms with Gasteiger partial charge in [-0.05, 0) is 18.2 Å². The first kappa shape index (κ1) is 28.3. The number of hydrogen-bond acceptors (Lipinski definition) is 13. The number of benzene rings is 1. The zero-order chi connectivity index (χ0) is 29.4. The lowest BCUT2D eigenvalue weighted by atomic mass is 10.0. The van der Waals surface area contributed by atoms with Crippen molar-refractivity contribution in [1.82, 2.24) is 9.55 Å². The number of amides is 2. The third-order valence-electron chi connectivity index (χ3n) is 6.55. The lowest BCUT2D eigenvalue weighted by molar-refractivity contribution is -0.241. The molecule has 4 heterocycles. The molecule has 0 aliphatic carbocycles. The number of aliphatic hydroxyl groups is 3. The summed E-state index contributed by atoms with van der Waals surface area (Å²) < 4.78 is 33.4. The highest BCUT2D eigenvalue weighted by molar-refractivity contribution is 6.02. The second-order valence-corrected chi connectivity index (χ2v) is 9.18. The van der Waals surface area contributed by atoms with E-state index in [-0.39, 0.29) is 6.79 Å². The Morgan fingerprint density at radius 2 is 1.90 bits per heavy atom. The Labute approximate surface area is 229 Å². The number of rotatable bonds is 8. The highest BCUT2D eigenvalue weighted by Crippen LogP contribution is 2.36. The Kier molecular flexibility index (Phi) is 7.80. The summed E-state index contributed by atoms with van der Waals surface area (Å²) in [6.45, 7) is 0.0269. The zero-order valence-electron chi connectivity index (χ0n) is 21.2. The number of ether oxygens (including phenoxy) is 6. The number of carbonyl (C=O) groups excluding carboxylic acids is 2. The fourth-order valence-corrected chi connectivity index (χ4v) is 4.55. The maximum absolute atomic E-state index is 12.9. The van der Waals surface area contributed by atoms with Crippen LogP contribution in [0, 0.1) is 0 Å². The number of methoxy groups -OCH3 is 1. The number of fused-ring (bicyclic) bond motifs is 1. The Balaban J connectivity index is 1.33. The van der Waals surface area contributed by atoms with E-state index in [9.17, 15) is 34.5 Å². The molecule has 17 nitrogen and oxygen atoms in total. The van der Waals surface area contributed by atoms with Gasteiger partial charge in [-0.2, -0.15) is 0 Å². The van der Waals surface area contributed by atoms with E-state index in [0.717, 1.165) is 22.9 Å². The molecule has 0 bridgehead atoms. The molecular weight excluding hydrogens is 552 g/mol. The van der Waals surface area contributed by atoms with Gasteiger partial charge >= 0.3 is 5.69 Å². The number of hydrogen-bond donors (Lipinski definition) is 6. The summed E-state index contributed by atoms with van der Waals surface area (Å²) in [6.07, 6.45) is -10.8. The molecule has 220 valence electrons. The van der Waals surface area contributed by atoms with Gasteiger partial charge in [-0.25, -0.2) is 4.79 Å². The maximum Gasteiger partial charge on any atom is 0.330 e. The summed E-state index contributed by atoms with van der Waals surface area (Å²) in [4.78, 5) is 51.1. The average Bonchev–Trinajstić information content (AvgIpc) is 3.52. The van der Waals surface area contributed by atoms with Crippen LogP contribution >= 0.6 is 0 Å². The lowest BCUT2D eigenvalue weighted by Gasteiger charge is -2.35. The van der Waals surface area contributed by atoms with Crippen molar-refractivity contribution < 1.29 is 53.3 Å². The summed E-state index contributed by atoms with van der Waals surface area (Å²) in [5.41, 5.74) is 4.24. The molecule has 7 N–H and O–H groups in total. The fourth-order valence-electron chi connectivity index (χ4n) is 4.55. The third kappa shape index (κ3) is 5.53. The van der Waals surface area contributed by atoms with Crippen LogP contribution in [0.4, 0.5) is 5.69 Å². The van der Waals surface area contributed by atoms with Crippen LogP contribution in [-0.4, -0.2) is 93.5 Å². The largest absolute Gasteiger partial charge is 0.456 e. The molecule has 1 aromatic carbocycles. The van der Waals surface area contributed by atoms with Gasteiger partial charge in [0.1, 0.15) is 30.5 Å². The number of anilines is 1. The summed E-state index contributed by atoms with van der Waals surface area (Å²) in [7, 11) is 1.19. The van der Waals surface area contributed by atoms with Gasteiger partial charge in [0.25, 0.3) is 11.5 Å². The molecule has 1 saturated heterocycles. The molecule has 5 rings (SSSR count). The van der Waals surface area contributed by atoms with Gasteiger partial charge in [0.05, 0.1) is 0 Å². The number of primary amides is 1. The second-order valence-electron chi connectivity index (χ2n) is 9.18. The van der Waals surface area contributed by atoms with Gasteiger partial charge in [0, 0.05) is 31.1 Å². The first-order valence-electron chi connectivity index (χ1n) is 12.2. The van der Waals surface area contributed by atoms with E-state index >= 15 is 0 Å². The Hall–Kier alpha value is -4.26. The standard InChI is InChI=1S/C24H26N4O13/c1-36-17-16(32)22(28-5-4-14(30)27-24(28)35)40-18(17)19(20(25)33)41-23-15(31)10(29)7-13(39-23)21(34)26-9-2-3-11-12(6-9)38-8-37-11/h2-7,10,15-19,22-23,29,31-32H,8H2,1H3,(H2,25,33)(H,26,34)(H,27,30,35)/t10-,15-,16+,17-,18-,19+,22+,23+/m0/s1. The number of nitrogens with two attached hydrogens (primary N) is 1. The van der Waals surface area contributed by atoms with Gasteiger partial charge in [-0.3, -0.25) is 23.9 Å². The molecule has 0 unspecified atom stereocenters. The molecule has 0 radical (unpaired) electrons. The minimum Gasteiger partial charge on any atom is -0.456 e. The van der Waals surface area contributed by atoms with Crippen LogP contribution in [0.3, 0.4) is 0 Å².